The Balaban J connectivity index is 1.83. The quantitative estimate of drug-likeness (QED) is 0.337. The lowest BCUT2D eigenvalue weighted by molar-refractivity contribution is -0.384. The number of nitrogens with one attached hydrogen (secondary N) is 2. The predicted molar refractivity (Wildman–Crippen MR) is 98.8 cm³/mol. The van der Waals surface area contributed by atoms with Gasteiger partial charge >= 0.3 is 10.1 Å². The molecule has 1 saturated heterocycles. The fourth-order valence-corrected chi connectivity index (χ4v) is 3.78. The van der Waals surface area contributed by atoms with Crippen LogP contribution in [0.25, 0.3) is 6.08 Å². The van der Waals surface area contributed by atoms with Crippen LogP contribution in [-0.2, 0) is 14.9 Å². The van der Waals surface area contributed by atoms with Gasteiger partial charge in [-0.15, -0.1) is 0 Å². The Hall–Kier alpha value is -3.18. The zero-order valence-electron chi connectivity index (χ0n) is 13.4. The first-order valence-electron chi connectivity index (χ1n) is 7.33. The van der Waals surface area contributed by atoms with Gasteiger partial charge in [0.15, 0.2) is 5.17 Å². The number of benzene rings is 2. The molecule has 2 aromatic carbocycles. The molecule has 27 heavy (non-hydrogen) atoms. The molecule has 2 N–H and O–H groups in total. The number of non-ortho nitro benzene ring substituents is 1. The molecule has 0 aromatic heterocycles. The van der Waals surface area contributed by atoms with Crippen LogP contribution < -0.4 is 9.50 Å². The van der Waals surface area contributed by atoms with Gasteiger partial charge in [0, 0.05) is 12.1 Å². The topological polar surface area (TPSA) is 139 Å². The van der Waals surface area contributed by atoms with Crippen LogP contribution in [0.15, 0.2) is 58.3 Å². The average molecular weight is 405 g/mol. The summed E-state index contributed by atoms with van der Waals surface area (Å²) in [5.41, 5.74) is 0.277. The highest BCUT2D eigenvalue weighted by molar-refractivity contribution is 8.18. The number of carbonyl (C=O) groups excluding carboxylic acids is 1. The SMILES string of the molecule is N=C1NC(=O)C(=Cc2cccc(OS(=O)(=O)c3ccc([N+](=O)[O-])cc3)c2)S1. The Morgan fingerprint density at radius 3 is 2.48 bits per heavy atom. The molecule has 1 fully saturated rings. The number of nitro groups is 1. The van der Waals surface area contributed by atoms with Crippen molar-refractivity contribution in [2.45, 2.75) is 4.90 Å². The molecule has 0 radical (unpaired) electrons. The fraction of sp³-hybridized carbons (Fsp3) is 0. The number of thioether (sulfide) groups is 1. The minimum atomic E-state index is -4.18. The van der Waals surface area contributed by atoms with E-state index in [9.17, 15) is 23.3 Å². The number of hydrogen-bond acceptors (Lipinski definition) is 8. The summed E-state index contributed by atoms with van der Waals surface area (Å²) in [7, 11) is -4.18. The van der Waals surface area contributed by atoms with Crippen LogP contribution in [0.1, 0.15) is 5.56 Å². The van der Waals surface area contributed by atoms with Crippen LogP contribution >= 0.6 is 11.8 Å². The maximum absolute atomic E-state index is 12.3. The summed E-state index contributed by atoms with van der Waals surface area (Å²) < 4.78 is 29.7. The molecule has 0 atom stereocenters. The van der Waals surface area contributed by atoms with Crippen LogP contribution in [-0.4, -0.2) is 24.4 Å². The van der Waals surface area contributed by atoms with Crippen molar-refractivity contribution in [2.24, 2.45) is 0 Å². The van der Waals surface area contributed by atoms with Crippen molar-refractivity contribution in [3.05, 3.63) is 69.1 Å². The van der Waals surface area contributed by atoms with Crippen molar-refractivity contribution in [1.82, 2.24) is 5.32 Å². The molecule has 11 heteroatoms. The van der Waals surface area contributed by atoms with Gasteiger partial charge in [-0.3, -0.25) is 20.3 Å². The Morgan fingerprint density at radius 2 is 1.89 bits per heavy atom. The maximum atomic E-state index is 12.3. The zero-order chi connectivity index (χ0) is 19.6. The molecular formula is C16H11N3O6S2. The molecule has 1 amide bonds. The first-order chi connectivity index (χ1) is 12.7. The number of amides is 1. The minimum Gasteiger partial charge on any atom is -0.379 e. The van der Waals surface area contributed by atoms with Crippen molar-refractivity contribution >= 4 is 44.7 Å². The molecule has 3 rings (SSSR count). The third-order valence-electron chi connectivity index (χ3n) is 3.36. The summed E-state index contributed by atoms with van der Waals surface area (Å²) in [6, 6.07) is 10.4. The Bertz CT molecular complexity index is 1080. The average Bonchev–Trinajstić information content (AvgIpc) is 2.92. The van der Waals surface area contributed by atoms with Crippen molar-refractivity contribution < 1.29 is 22.3 Å². The molecule has 0 spiro atoms. The molecule has 0 aliphatic carbocycles. The number of rotatable bonds is 5. The highest BCUT2D eigenvalue weighted by atomic mass is 32.2. The fourth-order valence-electron chi connectivity index (χ4n) is 2.16. The van der Waals surface area contributed by atoms with Gasteiger partial charge < -0.3 is 9.50 Å². The lowest BCUT2D eigenvalue weighted by Gasteiger charge is -2.07. The van der Waals surface area contributed by atoms with E-state index in [2.05, 4.69) is 5.32 Å². The van der Waals surface area contributed by atoms with E-state index in [4.69, 9.17) is 9.59 Å². The van der Waals surface area contributed by atoms with Gasteiger partial charge in [-0.25, -0.2) is 0 Å². The molecule has 9 nitrogen and oxygen atoms in total. The minimum absolute atomic E-state index is 0.0133. The van der Waals surface area contributed by atoms with Crippen LogP contribution in [0.5, 0.6) is 5.75 Å². The molecule has 0 bridgehead atoms. The van der Waals surface area contributed by atoms with E-state index < -0.39 is 20.9 Å². The van der Waals surface area contributed by atoms with E-state index in [0.29, 0.717) is 10.5 Å². The lowest BCUT2D eigenvalue weighted by Crippen LogP contribution is -2.18. The number of hydrogen-bond donors (Lipinski definition) is 2. The summed E-state index contributed by atoms with van der Waals surface area (Å²) >= 11 is 0.958. The van der Waals surface area contributed by atoms with Gasteiger partial charge in [0.1, 0.15) is 10.6 Å². The second-order valence-corrected chi connectivity index (χ2v) is 7.85. The molecule has 2 aromatic rings. The van der Waals surface area contributed by atoms with Crippen molar-refractivity contribution in [3.8, 4) is 5.75 Å². The van der Waals surface area contributed by atoms with E-state index in [-0.39, 0.29) is 21.5 Å². The van der Waals surface area contributed by atoms with E-state index >= 15 is 0 Å². The largest absolute Gasteiger partial charge is 0.379 e. The van der Waals surface area contributed by atoms with Crippen molar-refractivity contribution in [3.63, 3.8) is 0 Å². The summed E-state index contributed by atoms with van der Waals surface area (Å²) in [5.74, 6) is -0.393. The van der Waals surface area contributed by atoms with Gasteiger partial charge in [0.05, 0.1) is 9.83 Å². The van der Waals surface area contributed by atoms with Crippen LogP contribution in [0.4, 0.5) is 5.69 Å². The van der Waals surface area contributed by atoms with Gasteiger partial charge in [-0.05, 0) is 47.7 Å². The second kappa shape index (κ2) is 7.21. The molecule has 1 aliphatic heterocycles. The van der Waals surface area contributed by atoms with Gasteiger partial charge in [-0.2, -0.15) is 8.42 Å². The summed E-state index contributed by atoms with van der Waals surface area (Å²) in [5, 5.41) is 20.4. The van der Waals surface area contributed by atoms with Crippen molar-refractivity contribution in [1.29, 1.82) is 5.41 Å². The molecule has 0 saturated carbocycles. The molecular weight excluding hydrogens is 394 g/mol. The summed E-state index contributed by atoms with van der Waals surface area (Å²) in [6.07, 6.45) is 1.51. The van der Waals surface area contributed by atoms with E-state index in [1.54, 1.807) is 12.1 Å². The Labute approximate surface area is 157 Å². The molecule has 0 unspecified atom stereocenters. The monoisotopic (exact) mass is 405 g/mol. The molecule has 1 aliphatic rings. The smallest absolute Gasteiger partial charge is 0.339 e. The number of amidine groups is 1. The first-order valence-corrected chi connectivity index (χ1v) is 9.55. The second-order valence-electron chi connectivity index (χ2n) is 5.25. The number of nitro benzene ring substituents is 1. The van der Waals surface area contributed by atoms with E-state index in [0.717, 1.165) is 36.0 Å². The van der Waals surface area contributed by atoms with E-state index in [1.807, 2.05) is 0 Å². The third kappa shape index (κ3) is 4.33. The van der Waals surface area contributed by atoms with E-state index in [1.165, 1.54) is 18.2 Å². The lowest BCUT2D eigenvalue weighted by atomic mass is 10.2. The highest BCUT2D eigenvalue weighted by Gasteiger charge is 2.22. The Kier molecular flexibility index (Phi) is 4.97. The van der Waals surface area contributed by atoms with Gasteiger partial charge in [0.2, 0.25) is 0 Å². The third-order valence-corrected chi connectivity index (χ3v) is 5.45. The molecule has 138 valence electrons. The normalized spacial score (nSPS) is 15.6. The predicted octanol–water partition coefficient (Wildman–Crippen LogP) is 2.50. The molecule has 1 heterocycles. The van der Waals surface area contributed by atoms with Crippen LogP contribution in [0.2, 0.25) is 0 Å². The van der Waals surface area contributed by atoms with Crippen LogP contribution in [0.3, 0.4) is 0 Å². The summed E-state index contributed by atoms with van der Waals surface area (Å²) in [4.78, 5) is 21.7. The number of carbonyl (C=O) groups is 1. The first kappa shape index (κ1) is 18.6. The zero-order valence-corrected chi connectivity index (χ0v) is 15.0. The van der Waals surface area contributed by atoms with Crippen LogP contribution in [0, 0.1) is 15.5 Å². The summed E-state index contributed by atoms with van der Waals surface area (Å²) in [6.45, 7) is 0. The number of nitrogens with zero attached hydrogens (tertiary/aromatic N) is 1. The standard InChI is InChI=1S/C16H11N3O6S2/c17-16-18-15(20)14(26-16)9-10-2-1-3-12(8-10)25-27(23,24)13-6-4-11(5-7-13)19(21)22/h1-9H,(H2,17,18,20). The van der Waals surface area contributed by atoms with Gasteiger partial charge in [-0.1, -0.05) is 12.1 Å². The Morgan fingerprint density at radius 1 is 1.19 bits per heavy atom. The van der Waals surface area contributed by atoms with Gasteiger partial charge in [0.25, 0.3) is 11.6 Å². The maximum Gasteiger partial charge on any atom is 0.339 e. The highest BCUT2D eigenvalue weighted by Crippen LogP contribution is 2.27. The van der Waals surface area contributed by atoms with Crippen molar-refractivity contribution in [2.75, 3.05) is 0 Å².